The summed E-state index contributed by atoms with van der Waals surface area (Å²) in [5, 5.41) is 10.0. The van der Waals surface area contributed by atoms with Crippen molar-refractivity contribution in [3.8, 4) is 0 Å². The molecule has 1 aromatic carbocycles. The van der Waals surface area contributed by atoms with Crippen LogP contribution in [0.1, 0.15) is 75.7 Å². The van der Waals surface area contributed by atoms with Crippen LogP contribution in [0.5, 0.6) is 0 Å². The van der Waals surface area contributed by atoms with E-state index < -0.39 is 5.97 Å². The second-order valence-electron chi connectivity index (χ2n) is 5.99. The zero-order chi connectivity index (χ0) is 16.0. The summed E-state index contributed by atoms with van der Waals surface area (Å²) in [5.41, 5.74) is 1.29. The van der Waals surface area contributed by atoms with E-state index in [2.05, 4.69) is 28.1 Å². The van der Waals surface area contributed by atoms with Crippen LogP contribution in [0.3, 0.4) is 0 Å². The van der Waals surface area contributed by atoms with E-state index in [0.29, 0.717) is 5.92 Å². The van der Waals surface area contributed by atoms with E-state index in [4.69, 9.17) is 5.11 Å². The van der Waals surface area contributed by atoms with Crippen LogP contribution < -0.4 is 0 Å². The Morgan fingerprint density at radius 3 is 2.09 bits per heavy atom. The average Bonchev–Trinajstić information content (AvgIpc) is 2.53. The molecule has 0 aliphatic rings. The molecule has 0 saturated heterocycles. The highest BCUT2D eigenvalue weighted by Gasteiger charge is 2.12. The first-order valence-corrected chi connectivity index (χ1v) is 9.69. The van der Waals surface area contributed by atoms with Crippen LogP contribution in [-0.4, -0.2) is 16.4 Å². The van der Waals surface area contributed by atoms with Gasteiger partial charge in [0, 0.05) is 11.8 Å². The third-order valence-electron chi connectivity index (χ3n) is 4.16. The first-order valence-electron chi connectivity index (χ1n) is 8.56. The summed E-state index contributed by atoms with van der Waals surface area (Å²) < 4.78 is 0. The molecule has 0 radical (unpaired) electrons. The number of hydrogen-bond acceptors (Lipinski definition) is 1. The summed E-state index contributed by atoms with van der Waals surface area (Å²) in [6.45, 7) is 0. The molecule has 1 unspecified atom stereocenters. The lowest BCUT2D eigenvalue weighted by Crippen LogP contribution is -2.03. The van der Waals surface area contributed by atoms with E-state index in [-0.39, 0.29) is 6.42 Å². The van der Waals surface area contributed by atoms with Gasteiger partial charge in [-0.3, -0.25) is 4.79 Å². The smallest absolute Gasteiger partial charge is 0.303 e. The van der Waals surface area contributed by atoms with Crippen LogP contribution in [0, 0.1) is 0 Å². The quantitative estimate of drug-likeness (QED) is 0.334. The van der Waals surface area contributed by atoms with Crippen molar-refractivity contribution >= 4 is 21.9 Å². The molecule has 124 valence electrons. The molecule has 22 heavy (non-hydrogen) atoms. The summed E-state index contributed by atoms with van der Waals surface area (Å²) in [6.07, 6.45) is 11.2. The predicted molar refractivity (Wildman–Crippen MR) is 96.8 cm³/mol. The molecular weight excluding hydrogens is 340 g/mol. The van der Waals surface area contributed by atoms with Crippen LogP contribution in [0.4, 0.5) is 0 Å². The molecule has 0 aliphatic heterocycles. The Balaban J connectivity index is 2.25. The lowest BCUT2D eigenvalue weighted by molar-refractivity contribution is -0.137. The molecule has 1 atom stereocenters. The summed E-state index contributed by atoms with van der Waals surface area (Å²) in [6, 6.07) is 10.4. The number of benzene rings is 1. The minimum Gasteiger partial charge on any atom is -0.481 e. The van der Waals surface area contributed by atoms with E-state index in [1.165, 1.54) is 50.5 Å². The first kappa shape index (κ1) is 19.2. The second kappa shape index (κ2) is 12.7. The van der Waals surface area contributed by atoms with Crippen LogP contribution in [-0.2, 0) is 4.79 Å². The van der Waals surface area contributed by atoms with Crippen LogP contribution in [0.2, 0.25) is 0 Å². The van der Waals surface area contributed by atoms with Gasteiger partial charge in [-0.25, -0.2) is 0 Å². The monoisotopic (exact) mass is 368 g/mol. The fourth-order valence-electron chi connectivity index (χ4n) is 2.87. The van der Waals surface area contributed by atoms with Gasteiger partial charge in [0.25, 0.3) is 0 Å². The van der Waals surface area contributed by atoms with Crippen molar-refractivity contribution in [3.05, 3.63) is 35.9 Å². The van der Waals surface area contributed by atoms with Gasteiger partial charge in [0.1, 0.15) is 0 Å². The SMILES string of the molecule is O=C(O)CCC(CCCCCCCCCBr)c1ccccc1. The Bertz CT molecular complexity index is 392. The Kier molecular flexibility index (Phi) is 11.1. The maximum Gasteiger partial charge on any atom is 0.303 e. The summed E-state index contributed by atoms with van der Waals surface area (Å²) in [5.74, 6) is -0.293. The van der Waals surface area contributed by atoms with Gasteiger partial charge < -0.3 is 5.11 Å². The molecule has 3 heteroatoms. The summed E-state index contributed by atoms with van der Waals surface area (Å²) in [4.78, 5) is 10.8. The van der Waals surface area contributed by atoms with Gasteiger partial charge in [0.2, 0.25) is 0 Å². The topological polar surface area (TPSA) is 37.3 Å². The number of hydrogen-bond donors (Lipinski definition) is 1. The third-order valence-corrected chi connectivity index (χ3v) is 4.72. The number of alkyl halides is 1. The van der Waals surface area contributed by atoms with Crippen LogP contribution in [0.15, 0.2) is 30.3 Å². The van der Waals surface area contributed by atoms with Gasteiger partial charge >= 0.3 is 5.97 Å². The third kappa shape index (κ3) is 9.24. The Morgan fingerprint density at radius 1 is 0.909 bits per heavy atom. The molecule has 0 amide bonds. The van der Waals surface area contributed by atoms with Crippen molar-refractivity contribution in [3.63, 3.8) is 0 Å². The van der Waals surface area contributed by atoms with Gasteiger partial charge in [0.15, 0.2) is 0 Å². The van der Waals surface area contributed by atoms with Crippen LogP contribution in [0.25, 0.3) is 0 Å². The average molecular weight is 369 g/mol. The normalized spacial score (nSPS) is 12.2. The number of carboxylic acids is 1. The van der Waals surface area contributed by atoms with Gasteiger partial charge in [-0.05, 0) is 30.7 Å². The second-order valence-corrected chi connectivity index (χ2v) is 6.79. The largest absolute Gasteiger partial charge is 0.481 e. The molecule has 1 aromatic rings. The fourth-order valence-corrected chi connectivity index (χ4v) is 3.27. The number of aliphatic carboxylic acids is 1. The minimum atomic E-state index is -0.687. The Hall–Kier alpha value is -0.830. The van der Waals surface area contributed by atoms with E-state index in [1.54, 1.807) is 0 Å². The zero-order valence-electron chi connectivity index (χ0n) is 13.5. The summed E-state index contributed by atoms with van der Waals surface area (Å²) >= 11 is 3.46. The molecule has 0 saturated carbocycles. The predicted octanol–water partition coefficient (Wildman–Crippen LogP) is 6.15. The molecule has 0 aromatic heterocycles. The van der Waals surface area contributed by atoms with Crippen molar-refractivity contribution in [2.45, 2.75) is 70.1 Å². The molecule has 0 heterocycles. The van der Waals surface area contributed by atoms with E-state index in [1.807, 2.05) is 18.2 Å². The molecule has 0 fully saturated rings. The Labute approximate surface area is 143 Å². The maximum absolute atomic E-state index is 10.8. The number of unbranched alkanes of at least 4 members (excludes halogenated alkanes) is 6. The zero-order valence-corrected chi connectivity index (χ0v) is 15.1. The highest BCUT2D eigenvalue weighted by molar-refractivity contribution is 9.09. The lowest BCUT2D eigenvalue weighted by Gasteiger charge is -2.16. The van der Waals surface area contributed by atoms with Crippen molar-refractivity contribution in [2.24, 2.45) is 0 Å². The van der Waals surface area contributed by atoms with Gasteiger partial charge in [-0.2, -0.15) is 0 Å². The molecule has 0 aliphatic carbocycles. The number of halogens is 1. The number of rotatable bonds is 13. The Morgan fingerprint density at radius 2 is 1.50 bits per heavy atom. The first-order chi connectivity index (χ1) is 10.7. The highest BCUT2D eigenvalue weighted by atomic mass is 79.9. The van der Waals surface area contributed by atoms with E-state index in [0.717, 1.165) is 18.2 Å². The lowest BCUT2D eigenvalue weighted by atomic mass is 9.89. The summed E-state index contributed by atoms with van der Waals surface area (Å²) in [7, 11) is 0. The molecular formula is C19H29BrO2. The highest BCUT2D eigenvalue weighted by Crippen LogP contribution is 2.27. The standard InChI is InChI=1S/C19H29BrO2/c20-16-10-5-3-1-2-4-7-13-18(14-15-19(21)22)17-11-8-6-9-12-17/h6,8-9,11-12,18H,1-5,7,10,13-16H2,(H,21,22). The molecule has 0 bridgehead atoms. The van der Waals surface area contributed by atoms with Crippen molar-refractivity contribution in [1.29, 1.82) is 0 Å². The molecule has 2 nitrogen and oxygen atoms in total. The minimum absolute atomic E-state index is 0.270. The fraction of sp³-hybridized carbons (Fsp3) is 0.632. The maximum atomic E-state index is 10.8. The molecule has 1 rings (SSSR count). The van der Waals surface area contributed by atoms with Crippen molar-refractivity contribution in [1.82, 2.24) is 0 Å². The molecule has 0 spiro atoms. The number of carbonyl (C=O) groups is 1. The van der Waals surface area contributed by atoms with E-state index >= 15 is 0 Å². The van der Waals surface area contributed by atoms with Gasteiger partial charge in [-0.15, -0.1) is 0 Å². The molecule has 1 N–H and O–H groups in total. The van der Waals surface area contributed by atoms with Gasteiger partial charge in [-0.1, -0.05) is 84.8 Å². The van der Waals surface area contributed by atoms with Crippen LogP contribution >= 0.6 is 15.9 Å². The van der Waals surface area contributed by atoms with Gasteiger partial charge in [0.05, 0.1) is 0 Å². The van der Waals surface area contributed by atoms with Crippen molar-refractivity contribution in [2.75, 3.05) is 5.33 Å². The van der Waals surface area contributed by atoms with E-state index in [9.17, 15) is 4.79 Å². The number of carboxylic acid groups (broad SMARTS) is 1. The van der Waals surface area contributed by atoms with Crippen molar-refractivity contribution < 1.29 is 9.90 Å².